The Labute approximate surface area is 95.8 Å². The van der Waals surface area contributed by atoms with E-state index in [-0.39, 0.29) is 0 Å². The molecule has 0 heterocycles. The van der Waals surface area contributed by atoms with E-state index >= 15 is 0 Å². The molecule has 0 aromatic heterocycles. The Kier molecular flexibility index (Phi) is 3.35. The minimum Gasteiger partial charge on any atom is -0.276 e. The largest absolute Gasteiger partial charge is 0.276 e. The molecule has 0 saturated carbocycles. The molecule has 80 valence electrons. The van der Waals surface area contributed by atoms with Gasteiger partial charge >= 0.3 is 0 Å². The Morgan fingerprint density at radius 2 is 1.67 bits per heavy atom. The Morgan fingerprint density at radius 1 is 1.13 bits per heavy atom. The third kappa shape index (κ3) is 2.13. The van der Waals surface area contributed by atoms with E-state index < -0.39 is 5.24 Å². The molecule has 2 heteroatoms. The van der Waals surface area contributed by atoms with Crippen LogP contribution in [-0.4, -0.2) is 5.24 Å². The van der Waals surface area contributed by atoms with Gasteiger partial charge in [0.15, 0.2) is 0 Å². The van der Waals surface area contributed by atoms with Crippen molar-refractivity contribution >= 4 is 22.4 Å². The van der Waals surface area contributed by atoms with Gasteiger partial charge in [-0.05, 0) is 67.1 Å². The average Bonchev–Trinajstić information content (AvgIpc) is 2.19. The summed E-state index contributed by atoms with van der Waals surface area (Å²) in [6.45, 7) is 11.9. The van der Waals surface area contributed by atoms with E-state index in [1.165, 1.54) is 11.1 Å². The maximum atomic E-state index is 11.1. The van der Waals surface area contributed by atoms with Crippen LogP contribution < -0.4 is 0 Å². The summed E-state index contributed by atoms with van der Waals surface area (Å²) in [6, 6.07) is 1.97. The van der Waals surface area contributed by atoms with E-state index in [0.717, 1.165) is 16.7 Å². The van der Waals surface area contributed by atoms with Gasteiger partial charge in [0.25, 0.3) is 5.24 Å². The number of benzene rings is 1. The summed E-state index contributed by atoms with van der Waals surface area (Å²) in [5.41, 5.74) is 5.93. The molecule has 1 aromatic carbocycles. The molecule has 0 N–H and O–H groups in total. The minimum absolute atomic E-state index is 0.375. The van der Waals surface area contributed by atoms with Crippen LogP contribution in [-0.2, 0) is 4.79 Å². The quantitative estimate of drug-likeness (QED) is 0.551. The molecule has 0 fully saturated rings. The van der Waals surface area contributed by atoms with Crippen LogP contribution in [0.5, 0.6) is 0 Å². The highest BCUT2D eigenvalue weighted by atomic mass is 35.5. The molecule has 0 aliphatic rings. The average molecular weight is 223 g/mol. The van der Waals surface area contributed by atoms with E-state index in [9.17, 15) is 4.79 Å². The van der Waals surface area contributed by atoms with Gasteiger partial charge in [-0.2, -0.15) is 0 Å². The van der Waals surface area contributed by atoms with Crippen LogP contribution in [0.2, 0.25) is 0 Å². The van der Waals surface area contributed by atoms with E-state index in [2.05, 4.69) is 13.5 Å². The number of hydrogen-bond acceptors (Lipinski definition) is 1. The molecule has 15 heavy (non-hydrogen) atoms. The van der Waals surface area contributed by atoms with Gasteiger partial charge in [0.1, 0.15) is 0 Å². The Balaban J connectivity index is 3.45. The van der Waals surface area contributed by atoms with E-state index in [4.69, 9.17) is 11.6 Å². The molecule has 1 aromatic rings. The van der Waals surface area contributed by atoms with Gasteiger partial charge in [-0.15, -0.1) is 0 Å². The highest BCUT2D eigenvalue weighted by Crippen LogP contribution is 2.26. The first-order valence-corrected chi connectivity index (χ1v) is 5.20. The number of carbonyl (C=O) groups is 1. The summed E-state index contributed by atoms with van der Waals surface area (Å²) in [5, 5.41) is -0.485. The second-order valence-corrected chi connectivity index (χ2v) is 4.21. The predicted molar refractivity (Wildman–Crippen MR) is 65.3 cm³/mol. The molecular formula is C13H15ClO. The molecule has 0 bridgehead atoms. The number of hydrogen-bond donors (Lipinski definition) is 0. The molecule has 0 amide bonds. The molecule has 0 spiro atoms. The third-order valence-corrected chi connectivity index (χ3v) is 3.27. The van der Waals surface area contributed by atoms with Crippen molar-refractivity contribution in [3.63, 3.8) is 0 Å². The van der Waals surface area contributed by atoms with Crippen LogP contribution in [0.1, 0.15) is 27.8 Å². The number of rotatable bonds is 2. The van der Waals surface area contributed by atoms with Gasteiger partial charge in [-0.3, -0.25) is 4.79 Å². The second-order valence-electron chi connectivity index (χ2n) is 3.87. The fourth-order valence-corrected chi connectivity index (χ4v) is 1.73. The van der Waals surface area contributed by atoms with Crippen LogP contribution in [0.4, 0.5) is 0 Å². The molecule has 1 nitrogen and oxygen atoms in total. The van der Waals surface area contributed by atoms with E-state index in [1.54, 1.807) is 0 Å². The monoisotopic (exact) mass is 222 g/mol. The zero-order valence-corrected chi connectivity index (χ0v) is 10.3. The molecule has 0 aliphatic heterocycles. The highest BCUT2D eigenvalue weighted by Gasteiger charge is 2.13. The zero-order chi connectivity index (χ0) is 11.7. The van der Waals surface area contributed by atoms with Gasteiger partial charge in [0.05, 0.1) is 0 Å². The lowest BCUT2D eigenvalue weighted by atomic mass is 9.92. The third-order valence-electron chi connectivity index (χ3n) is 3.04. The lowest BCUT2D eigenvalue weighted by Crippen LogP contribution is -2.00. The summed E-state index contributed by atoms with van der Waals surface area (Å²) in [4.78, 5) is 11.1. The lowest BCUT2D eigenvalue weighted by molar-refractivity contribution is -0.106. The summed E-state index contributed by atoms with van der Waals surface area (Å²) in [6.07, 6.45) is 0. The van der Waals surface area contributed by atoms with Crippen molar-refractivity contribution in [1.82, 2.24) is 0 Å². The first kappa shape index (κ1) is 12.0. The Morgan fingerprint density at radius 3 is 2.13 bits per heavy atom. The van der Waals surface area contributed by atoms with Crippen molar-refractivity contribution in [3.8, 4) is 0 Å². The predicted octanol–water partition coefficient (Wildman–Crippen LogP) is 3.70. The number of carbonyl (C=O) groups excluding carboxylic acids is 1. The number of aryl methyl sites for hydroxylation is 1. The van der Waals surface area contributed by atoms with Crippen molar-refractivity contribution in [1.29, 1.82) is 0 Å². The number of allylic oxidation sites excluding steroid dienone is 1. The van der Waals surface area contributed by atoms with Gasteiger partial charge < -0.3 is 0 Å². The van der Waals surface area contributed by atoms with Crippen LogP contribution in [0, 0.1) is 27.7 Å². The summed E-state index contributed by atoms with van der Waals surface area (Å²) in [7, 11) is 0. The first-order valence-electron chi connectivity index (χ1n) is 4.82. The van der Waals surface area contributed by atoms with E-state index in [1.807, 2.05) is 26.8 Å². The first-order chi connectivity index (χ1) is 6.86. The number of halogens is 1. The van der Waals surface area contributed by atoms with Crippen molar-refractivity contribution in [2.75, 3.05) is 0 Å². The van der Waals surface area contributed by atoms with Crippen molar-refractivity contribution in [2.45, 2.75) is 27.7 Å². The summed E-state index contributed by atoms with van der Waals surface area (Å²) >= 11 is 5.44. The van der Waals surface area contributed by atoms with Crippen LogP contribution in [0.15, 0.2) is 12.6 Å². The van der Waals surface area contributed by atoms with Crippen LogP contribution in [0.25, 0.3) is 5.57 Å². The van der Waals surface area contributed by atoms with Crippen molar-refractivity contribution in [2.24, 2.45) is 0 Å². The highest BCUT2D eigenvalue weighted by molar-refractivity contribution is 6.74. The fourth-order valence-electron chi connectivity index (χ4n) is 1.63. The normalized spacial score (nSPS) is 10.2. The molecule has 0 saturated heterocycles. The molecule has 0 unspecified atom stereocenters. The molecule has 0 atom stereocenters. The maximum absolute atomic E-state index is 11.1. The van der Waals surface area contributed by atoms with Crippen LogP contribution >= 0.6 is 11.6 Å². The van der Waals surface area contributed by atoms with Gasteiger partial charge in [0.2, 0.25) is 0 Å². The SMILES string of the molecule is C=C(C(=O)Cl)c1cc(C)c(C)c(C)c1C. The van der Waals surface area contributed by atoms with E-state index in [0.29, 0.717) is 5.57 Å². The standard InChI is InChI=1S/C13H15ClO/c1-7-6-12(11(5)13(14)15)10(4)9(3)8(7)2/h6H,5H2,1-4H3. The molecule has 1 rings (SSSR count). The van der Waals surface area contributed by atoms with Gasteiger partial charge in [-0.1, -0.05) is 12.6 Å². The molecule has 0 radical (unpaired) electrons. The fraction of sp³-hybridized carbons (Fsp3) is 0.308. The molecule has 0 aliphatic carbocycles. The Bertz CT molecular complexity index is 444. The zero-order valence-electron chi connectivity index (χ0n) is 9.57. The smallest absolute Gasteiger partial charge is 0.252 e. The van der Waals surface area contributed by atoms with Gasteiger partial charge in [0, 0.05) is 5.57 Å². The van der Waals surface area contributed by atoms with Crippen LogP contribution in [0.3, 0.4) is 0 Å². The topological polar surface area (TPSA) is 17.1 Å². The summed E-state index contributed by atoms with van der Waals surface area (Å²) in [5.74, 6) is 0. The second kappa shape index (κ2) is 4.19. The molecular weight excluding hydrogens is 208 g/mol. The maximum Gasteiger partial charge on any atom is 0.252 e. The lowest BCUT2D eigenvalue weighted by Gasteiger charge is -2.14. The van der Waals surface area contributed by atoms with Crippen molar-refractivity contribution in [3.05, 3.63) is 40.5 Å². The summed E-state index contributed by atoms with van der Waals surface area (Å²) < 4.78 is 0. The minimum atomic E-state index is -0.485. The van der Waals surface area contributed by atoms with Gasteiger partial charge in [-0.25, -0.2) is 0 Å². The van der Waals surface area contributed by atoms with Crippen molar-refractivity contribution < 1.29 is 4.79 Å². The Hall–Kier alpha value is -1.08.